The molecule has 0 bridgehead atoms. The zero-order valence-electron chi connectivity index (χ0n) is 5.26. The van der Waals surface area contributed by atoms with Crippen LogP contribution >= 0.6 is 0 Å². The Bertz CT molecular complexity index is 252. The molecule has 0 atom stereocenters. The van der Waals surface area contributed by atoms with Gasteiger partial charge in [-0.05, 0) is 18.2 Å². The Kier molecular flexibility index (Phi) is 3.09. The van der Waals surface area contributed by atoms with Gasteiger partial charge in [-0.25, -0.2) is 4.39 Å². The van der Waals surface area contributed by atoms with Gasteiger partial charge >= 0.3 is 0 Å². The van der Waals surface area contributed by atoms with Gasteiger partial charge in [0.2, 0.25) is 0 Å². The van der Waals surface area contributed by atoms with Crippen molar-refractivity contribution in [1.29, 1.82) is 5.26 Å². The topological polar surface area (TPSA) is 58.8 Å². The molecular formula is C7H6FN2. The summed E-state index contributed by atoms with van der Waals surface area (Å²) in [6.07, 6.45) is 0. The van der Waals surface area contributed by atoms with Crippen molar-refractivity contribution in [2.75, 3.05) is 0 Å². The van der Waals surface area contributed by atoms with Gasteiger partial charge < -0.3 is 6.15 Å². The molecule has 0 unspecified atom stereocenters. The minimum Gasteiger partial charge on any atom is -0.344 e. The van der Waals surface area contributed by atoms with Gasteiger partial charge in [-0.3, -0.25) is 0 Å². The SMILES string of the molecule is N.N#Cc1cc[c]cc1F. The number of rotatable bonds is 0. The lowest BCUT2D eigenvalue weighted by Gasteiger charge is -1.86. The molecule has 0 amide bonds. The third-order valence-electron chi connectivity index (χ3n) is 0.934. The van der Waals surface area contributed by atoms with Crippen molar-refractivity contribution >= 4 is 0 Å². The molecule has 1 aromatic rings. The van der Waals surface area contributed by atoms with Crippen LogP contribution in [0.4, 0.5) is 4.39 Å². The first-order chi connectivity index (χ1) is 4.34. The summed E-state index contributed by atoms with van der Waals surface area (Å²) in [5, 5.41) is 8.21. The van der Waals surface area contributed by atoms with E-state index >= 15 is 0 Å². The molecule has 0 saturated heterocycles. The van der Waals surface area contributed by atoms with E-state index in [0.29, 0.717) is 0 Å². The zero-order chi connectivity index (χ0) is 6.69. The Balaban J connectivity index is 0.000000810. The van der Waals surface area contributed by atoms with Crippen LogP contribution in [0.5, 0.6) is 0 Å². The molecule has 0 aliphatic heterocycles. The van der Waals surface area contributed by atoms with Gasteiger partial charge in [0.25, 0.3) is 0 Å². The van der Waals surface area contributed by atoms with Crippen LogP contribution in [0.15, 0.2) is 18.2 Å². The molecule has 0 saturated carbocycles. The van der Waals surface area contributed by atoms with Crippen LogP contribution in [-0.2, 0) is 0 Å². The summed E-state index contributed by atoms with van der Waals surface area (Å²) in [5.41, 5.74) is 0.0637. The van der Waals surface area contributed by atoms with Gasteiger partial charge in [-0.1, -0.05) is 6.07 Å². The first-order valence-electron chi connectivity index (χ1n) is 2.40. The molecule has 3 heteroatoms. The molecule has 3 N–H and O–H groups in total. The molecule has 0 heterocycles. The maximum Gasteiger partial charge on any atom is 0.141 e. The van der Waals surface area contributed by atoms with E-state index in [4.69, 9.17) is 5.26 Å². The largest absolute Gasteiger partial charge is 0.344 e. The summed E-state index contributed by atoms with van der Waals surface area (Å²) in [5.74, 6) is -0.514. The molecule has 2 nitrogen and oxygen atoms in total. The highest BCUT2D eigenvalue weighted by Crippen LogP contribution is 2.02. The number of hydrogen-bond acceptors (Lipinski definition) is 2. The van der Waals surface area contributed by atoms with Crippen molar-refractivity contribution in [3.8, 4) is 6.07 Å². The van der Waals surface area contributed by atoms with E-state index in [0.717, 1.165) is 6.07 Å². The molecule has 0 aromatic heterocycles. The van der Waals surface area contributed by atoms with Crippen LogP contribution in [0.1, 0.15) is 5.56 Å². The van der Waals surface area contributed by atoms with E-state index in [1.807, 2.05) is 0 Å². The molecule has 51 valence electrons. The quantitative estimate of drug-likeness (QED) is 0.591. The van der Waals surface area contributed by atoms with Crippen molar-refractivity contribution in [3.63, 3.8) is 0 Å². The molecule has 0 fully saturated rings. The van der Waals surface area contributed by atoms with Gasteiger partial charge in [0.15, 0.2) is 0 Å². The number of nitrogens with zero attached hydrogens (tertiary/aromatic N) is 1. The fourth-order valence-corrected chi connectivity index (χ4v) is 0.501. The average molecular weight is 137 g/mol. The van der Waals surface area contributed by atoms with Crippen molar-refractivity contribution in [2.24, 2.45) is 0 Å². The highest BCUT2D eigenvalue weighted by molar-refractivity contribution is 5.28. The smallest absolute Gasteiger partial charge is 0.141 e. The molecule has 10 heavy (non-hydrogen) atoms. The summed E-state index contributed by atoms with van der Waals surface area (Å²) in [7, 11) is 0. The molecule has 1 aromatic carbocycles. The third-order valence-corrected chi connectivity index (χ3v) is 0.934. The number of nitriles is 1. The lowest BCUT2D eigenvalue weighted by molar-refractivity contribution is 0.623. The second-order valence-corrected chi connectivity index (χ2v) is 1.52. The van der Waals surface area contributed by atoms with E-state index in [1.54, 1.807) is 6.07 Å². The van der Waals surface area contributed by atoms with Crippen molar-refractivity contribution in [3.05, 3.63) is 35.6 Å². The monoisotopic (exact) mass is 137 g/mol. The maximum absolute atomic E-state index is 12.3. The van der Waals surface area contributed by atoms with Crippen LogP contribution < -0.4 is 6.15 Å². The van der Waals surface area contributed by atoms with Gasteiger partial charge in [0.05, 0.1) is 5.56 Å². The highest BCUT2D eigenvalue weighted by atomic mass is 19.1. The number of benzene rings is 1. The Hall–Kier alpha value is -1.40. The van der Waals surface area contributed by atoms with Gasteiger partial charge in [0.1, 0.15) is 11.9 Å². The Morgan fingerprint density at radius 1 is 1.60 bits per heavy atom. The zero-order valence-corrected chi connectivity index (χ0v) is 5.26. The molecular weight excluding hydrogens is 131 g/mol. The number of hydrogen-bond donors (Lipinski definition) is 1. The average Bonchev–Trinajstić information content (AvgIpc) is 1.89. The highest BCUT2D eigenvalue weighted by Gasteiger charge is 1.94. The normalized spacial score (nSPS) is 7.60. The van der Waals surface area contributed by atoms with Crippen LogP contribution in [0, 0.1) is 23.2 Å². The van der Waals surface area contributed by atoms with E-state index in [1.165, 1.54) is 12.1 Å². The third kappa shape index (κ3) is 1.54. The molecule has 0 aliphatic rings. The molecule has 0 spiro atoms. The fourth-order valence-electron chi connectivity index (χ4n) is 0.501. The first-order valence-corrected chi connectivity index (χ1v) is 2.40. The molecule has 1 radical (unpaired) electrons. The maximum atomic E-state index is 12.3. The predicted molar refractivity (Wildman–Crippen MR) is 35.0 cm³/mol. The van der Waals surface area contributed by atoms with Gasteiger partial charge in [-0.2, -0.15) is 5.26 Å². The summed E-state index contributed by atoms with van der Waals surface area (Å²) < 4.78 is 12.3. The van der Waals surface area contributed by atoms with E-state index in [9.17, 15) is 4.39 Å². The fraction of sp³-hybridized carbons (Fsp3) is 0. The summed E-state index contributed by atoms with van der Waals surface area (Å²) in [6, 6.07) is 8.23. The van der Waals surface area contributed by atoms with Crippen LogP contribution in [0.25, 0.3) is 0 Å². The minimum atomic E-state index is -0.514. The van der Waals surface area contributed by atoms with Gasteiger partial charge in [-0.15, -0.1) is 0 Å². The van der Waals surface area contributed by atoms with Crippen molar-refractivity contribution < 1.29 is 4.39 Å². The summed E-state index contributed by atoms with van der Waals surface area (Å²) in [6.45, 7) is 0. The molecule has 1 rings (SSSR count). The second kappa shape index (κ2) is 3.59. The molecule has 0 aliphatic carbocycles. The van der Waals surface area contributed by atoms with Crippen LogP contribution in [0.2, 0.25) is 0 Å². The van der Waals surface area contributed by atoms with E-state index < -0.39 is 5.82 Å². The summed E-state index contributed by atoms with van der Waals surface area (Å²) in [4.78, 5) is 0. The van der Waals surface area contributed by atoms with Gasteiger partial charge in [0, 0.05) is 0 Å². The lowest BCUT2D eigenvalue weighted by Crippen LogP contribution is -1.79. The van der Waals surface area contributed by atoms with E-state index in [2.05, 4.69) is 6.07 Å². The van der Waals surface area contributed by atoms with Crippen molar-refractivity contribution in [2.45, 2.75) is 0 Å². The minimum absolute atomic E-state index is 0. The van der Waals surface area contributed by atoms with E-state index in [-0.39, 0.29) is 11.7 Å². The van der Waals surface area contributed by atoms with Crippen LogP contribution in [0.3, 0.4) is 0 Å². The lowest BCUT2D eigenvalue weighted by atomic mass is 10.2. The Morgan fingerprint density at radius 2 is 2.30 bits per heavy atom. The predicted octanol–water partition coefficient (Wildman–Crippen LogP) is 1.66. The number of halogens is 1. The van der Waals surface area contributed by atoms with Crippen LogP contribution in [-0.4, -0.2) is 0 Å². The first kappa shape index (κ1) is 8.60. The van der Waals surface area contributed by atoms with Crippen molar-refractivity contribution in [1.82, 2.24) is 6.15 Å². The standard InChI is InChI=1S/C7H3FN.H3N/c8-7-4-2-1-3-6(7)5-9;/h1,3-4H;1H3. The second-order valence-electron chi connectivity index (χ2n) is 1.52. The Labute approximate surface area is 58.5 Å². The Morgan fingerprint density at radius 3 is 2.70 bits per heavy atom. The summed E-state index contributed by atoms with van der Waals surface area (Å²) >= 11 is 0.